The van der Waals surface area contributed by atoms with Crippen LogP contribution in [0.25, 0.3) is 17.1 Å². The maximum Gasteiger partial charge on any atom is 0.144 e. The van der Waals surface area contributed by atoms with Gasteiger partial charge in [0.1, 0.15) is 17.1 Å². The van der Waals surface area contributed by atoms with Gasteiger partial charge in [0, 0.05) is 6.20 Å². The minimum atomic E-state index is 0.578. The van der Waals surface area contributed by atoms with Crippen molar-refractivity contribution in [1.29, 1.82) is 0 Å². The van der Waals surface area contributed by atoms with Crippen molar-refractivity contribution < 1.29 is 4.74 Å². The van der Waals surface area contributed by atoms with Crippen LogP contribution in [-0.4, -0.2) is 21.9 Å². The molecule has 0 bridgehead atoms. The SMILES string of the molecule is COc1ccccc1-n1cc(N)c(-c2ccccn2)n1. The van der Waals surface area contributed by atoms with Crippen LogP contribution in [0.2, 0.25) is 0 Å². The van der Waals surface area contributed by atoms with Crippen molar-refractivity contribution in [2.75, 3.05) is 12.8 Å². The van der Waals surface area contributed by atoms with E-state index in [2.05, 4.69) is 10.1 Å². The molecule has 5 heteroatoms. The van der Waals surface area contributed by atoms with Crippen LogP contribution in [0.3, 0.4) is 0 Å². The molecule has 0 fully saturated rings. The number of hydrogen-bond donors (Lipinski definition) is 1. The van der Waals surface area contributed by atoms with Crippen LogP contribution < -0.4 is 10.5 Å². The summed E-state index contributed by atoms with van der Waals surface area (Å²) in [6.45, 7) is 0. The van der Waals surface area contributed by atoms with Crippen LogP contribution in [0.15, 0.2) is 54.9 Å². The Morgan fingerprint density at radius 2 is 1.90 bits per heavy atom. The molecule has 0 aliphatic carbocycles. The van der Waals surface area contributed by atoms with Crippen molar-refractivity contribution >= 4 is 5.69 Å². The van der Waals surface area contributed by atoms with E-state index in [9.17, 15) is 0 Å². The molecule has 3 rings (SSSR count). The Balaban J connectivity index is 2.09. The van der Waals surface area contributed by atoms with Crippen molar-refractivity contribution in [2.45, 2.75) is 0 Å². The smallest absolute Gasteiger partial charge is 0.144 e. The predicted octanol–water partition coefficient (Wildman–Crippen LogP) is 2.53. The van der Waals surface area contributed by atoms with Crippen LogP contribution in [0.1, 0.15) is 0 Å². The summed E-state index contributed by atoms with van der Waals surface area (Å²) in [5.41, 5.74) is 8.87. The topological polar surface area (TPSA) is 66.0 Å². The summed E-state index contributed by atoms with van der Waals surface area (Å²) in [6, 6.07) is 13.3. The molecule has 0 saturated carbocycles. The number of hydrogen-bond acceptors (Lipinski definition) is 4. The highest BCUT2D eigenvalue weighted by molar-refractivity contribution is 5.69. The average Bonchev–Trinajstić information content (AvgIpc) is 2.90. The summed E-state index contributed by atoms with van der Waals surface area (Å²) in [4.78, 5) is 4.27. The van der Waals surface area contributed by atoms with E-state index in [1.807, 2.05) is 42.5 Å². The summed E-state index contributed by atoms with van der Waals surface area (Å²) in [6.07, 6.45) is 3.48. The number of ether oxygens (including phenoxy) is 1. The molecule has 0 aliphatic heterocycles. The second kappa shape index (κ2) is 5.05. The lowest BCUT2D eigenvalue weighted by atomic mass is 10.2. The lowest BCUT2D eigenvalue weighted by molar-refractivity contribution is 0.412. The zero-order chi connectivity index (χ0) is 13.9. The third kappa shape index (κ3) is 2.09. The molecule has 0 amide bonds. The van der Waals surface area contributed by atoms with Gasteiger partial charge in [-0.1, -0.05) is 18.2 Å². The molecule has 2 heterocycles. The number of benzene rings is 1. The quantitative estimate of drug-likeness (QED) is 0.791. The molecule has 1 aromatic carbocycles. The van der Waals surface area contributed by atoms with Gasteiger partial charge in [-0.25, -0.2) is 4.68 Å². The Morgan fingerprint density at radius 1 is 1.10 bits per heavy atom. The third-order valence-electron chi connectivity index (χ3n) is 2.98. The summed E-state index contributed by atoms with van der Waals surface area (Å²) in [7, 11) is 1.63. The van der Waals surface area contributed by atoms with Crippen LogP contribution in [-0.2, 0) is 0 Å². The number of para-hydroxylation sites is 2. The molecule has 2 aromatic heterocycles. The maximum absolute atomic E-state index is 6.04. The van der Waals surface area contributed by atoms with E-state index >= 15 is 0 Å². The minimum Gasteiger partial charge on any atom is -0.494 e. The number of nitrogen functional groups attached to an aromatic ring is 1. The van der Waals surface area contributed by atoms with E-state index in [4.69, 9.17) is 10.5 Å². The van der Waals surface area contributed by atoms with E-state index in [0.717, 1.165) is 17.1 Å². The largest absolute Gasteiger partial charge is 0.494 e. The fourth-order valence-electron chi connectivity index (χ4n) is 2.03. The zero-order valence-electron chi connectivity index (χ0n) is 11.0. The fourth-order valence-corrected chi connectivity index (χ4v) is 2.03. The Hall–Kier alpha value is -2.82. The van der Waals surface area contributed by atoms with Crippen LogP contribution in [0.5, 0.6) is 5.75 Å². The summed E-state index contributed by atoms with van der Waals surface area (Å²) >= 11 is 0. The minimum absolute atomic E-state index is 0.578. The third-order valence-corrected chi connectivity index (χ3v) is 2.98. The standard InChI is InChI=1S/C15H14N4O/c1-20-14-8-3-2-7-13(14)19-10-11(16)15(18-19)12-6-4-5-9-17-12/h2-10H,16H2,1H3. The van der Waals surface area contributed by atoms with Gasteiger partial charge >= 0.3 is 0 Å². The number of rotatable bonds is 3. The molecule has 3 aromatic rings. The molecule has 0 saturated heterocycles. The van der Waals surface area contributed by atoms with E-state index in [-0.39, 0.29) is 0 Å². The Bertz CT molecular complexity index is 722. The monoisotopic (exact) mass is 266 g/mol. The second-order valence-electron chi connectivity index (χ2n) is 4.26. The van der Waals surface area contributed by atoms with Gasteiger partial charge < -0.3 is 10.5 Å². The molecule has 0 unspecified atom stereocenters. The lowest BCUT2D eigenvalue weighted by Gasteiger charge is -2.07. The fraction of sp³-hybridized carbons (Fsp3) is 0.0667. The first-order valence-electron chi connectivity index (χ1n) is 6.19. The Labute approximate surface area is 116 Å². The summed E-state index contributed by atoms with van der Waals surface area (Å²) < 4.78 is 7.04. The van der Waals surface area contributed by atoms with Gasteiger partial charge in [0.2, 0.25) is 0 Å². The van der Waals surface area contributed by atoms with Crippen molar-refractivity contribution in [3.63, 3.8) is 0 Å². The van der Waals surface area contributed by atoms with Gasteiger partial charge in [0.15, 0.2) is 0 Å². The van der Waals surface area contributed by atoms with Crippen molar-refractivity contribution in [1.82, 2.24) is 14.8 Å². The first-order valence-corrected chi connectivity index (χ1v) is 6.19. The first-order chi connectivity index (χ1) is 9.79. The maximum atomic E-state index is 6.04. The highest BCUT2D eigenvalue weighted by Crippen LogP contribution is 2.27. The molecule has 2 N–H and O–H groups in total. The van der Waals surface area contributed by atoms with E-state index in [0.29, 0.717) is 11.4 Å². The number of anilines is 1. The van der Waals surface area contributed by atoms with Crippen molar-refractivity contribution in [2.24, 2.45) is 0 Å². The molecular weight excluding hydrogens is 252 g/mol. The van der Waals surface area contributed by atoms with Gasteiger partial charge in [-0.2, -0.15) is 5.10 Å². The molecule has 0 radical (unpaired) electrons. The van der Waals surface area contributed by atoms with Crippen LogP contribution in [0, 0.1) is 0 Å². The van der Waals surface area contributed by atoms with Gasteiger partial charge in [-0.3, -0.25) is 4.98 Å². The van der Waals surface area contributed by atoms with Gasteiger partial charge in [-0.15, -0.1) is 0 Å². The Kier molecular flexibility index (Phi) is 3.09. The zero-order valence-corrected chi connectivity index (χ0v) is 11.0. The Morgan fingerprint density at radius 3 is 2.65 bits per heavy atom. The highest BCUT2D eigenvalue weighted by Gasteiger charge is 2.12. The average molecular weight is 266 g/mol. The number of pyridine rings is 1. The molecular formula is C15H14N4O. The normalized spacial score (nSPS) is 10.4. The summed E-state index contributed by atoms with van der Waals surface area (Å²) in [5.74, 6) is 0.738. The highest BCUT2D eigenvalue weighted by atomic mass is 16.5. The van der Waals surface area contributed by atoms with Gasteiger partial charge in [0.05, 0.1) is 24.7 Å². The van der Waals surface area contributed by atoms with Gasteiger partial charge in [0.25, 0.3) is 0 Å². The molecule has 0 spiro atoms. The van der Waals surface area contributed by atoms with Gasteiger partial charge in [-0.05, 0) is 24.3 Å². The van der Waals surface area contributed by atoms with Crippen LogP contribution >= 0.6 is 0 Å². The molecule has 100 valence electrons. The lowest BCUT2D eigenvalue weighted by Crippen LogP contribution is -1.98. The van der Waals surface area contributed by atoms with Crippen molar-refractivity contribution in [3.8, 4) is 22.8 Å². The number of nitrogens with zero attached hydrogens (tertiary/aromatic N) is 3. The number of methoxy groups -OCH3 is 1. The van der Waals surface area contributed by atoms with E-state index in [1.54, 1.807) is 24.2 Å². The molecule has 20 heavy (non-hydrogen) atoms. The van der Waals surface area contributed by atoms with E-state index < -0.39 is 0 Å². The second-order valence-corrected chi connectivity index (χ2v) is 4.26. The van der Waals surface area contributed by atoms with E-state index in [1.165, 1.54) is 0 Å². The summed E-state index contributed by atoms with van der Waals surface area (Å²) in [5, 5.41) is 4.51. The first kappa shape index (κ1) is 12.2. The predicted molar refractivity (Wildman–Crippen MR) is 77.8 cm³/mol. The molecule has 0 atom stereocenters. The van der Waals surface area contributed by atoms with Crippen LogP contribution in [0.4, 0.5) is 5.69 Å². The molecule has 5 nitrogen and oxygen atoms in total. The molecule has 0 aliphatic rings. The van der Waals surface area contributed by atoms with Crippen molar-refractivity contribution in [3.05, 3.63) is 54.9 Å². The number of aromatic nitrogens is 3. The number of nitrogens with two attached hydrogens (primary N) is 1.